The van der Waals surface area contributed by atoms with Gasteiger partial charge in [-0.05, 0) is 49.1 Å². The SMILES string of the molecule is CCCCN(CCCC)c1ccc(C2(c3c(-c4ccccc4)n(C)c4ccccc34)OC(=O)c3nccnc32)c(C)c1. The van der Waals surface area contributed by atoms with Crippen molar-refractivity contribution in [3.05, 3.63) is 113 Å². The molecule has 5 aromatic rings. The van der Waals surface area contributed by atoms with E-state index in [0.717, 1.165) is 77.6 Å². The Labute approximate surface area is 248 Å². The summed E-state index contributed by atoms with van der Waals surface area (Å²) in [4.78, 5) is 25.4. The van der Waals surface area contributed by atoms with E-state index in [-0.39, 0.29) is 5.69 Å². The maximum Gasteiger partial charge on any atom is 0.360 e. The van der Waals surface area contributed by atoms with Crippen molar-refractivity contribution in [3.63, 3.8) is 0 Å². The van der Waals surface area contributed by atoms with E-state index >= 15 is 0 Å². The Kier molecular flexibility index (Phi) is 7.55. The molecule has 0 spiro atoms. The van der Waals surface area contributed by atoms with Crippen LogP contribution in [0.5, 0.6) is 0 Å². The molecule has 3 heterocycles. The molecule has 0 saturated heterocycles. The van der Waals surface area contributed by atoms with Gasteiger partial charge in [0.15, 0.2) is 5.69 Å². The average Bonchev–Trinajstić information content (AvgIpc) is 3.49. The number of carbonyl (C=O) groups excluding carboxylic acids is 1. The number of nitrogens with zero attached hydrogens (tertiary/aromatic N) is 4. The van der Waals surface area contributed by atoms with Crippen molar-refractivity contribution < 1.29 is 9.53 Å². The van der Waals surface area contributed by atoms with Crippen LogP contribution >= 0.6 is 0 Å². The second-order valence-electron chi connectivity index (χ2n) is 11.2. The summed E-state index contributed by atoms with van der Waals surface area (Å²) < 4.78 is 8.79. The minimum Gasteiger partial charge on any atom is -0.438 e. The second-order valence-corrected chi connectivity index (χ2v) is 11.2. The number of carbonyl (C=O) groups is 1. The predicted octanol–water partition coefficient (Wildman–Crippen LogP) is 7.81. The first-order valence-corrected chi connectivity index (χ1v) is 15.1. The topological polar surface area (TPSA) is 60.2 Å². The highest BCUT2D eigenvalue weighted by Gasteiger charge is 2.54. The summed E-state index contributed by atoms with van der Waals surface area (Å²) in [6.07, 6.45) is 7.81. The molecule has 0 amide bonds. The number of benzene rings is 3. The maximum atomic E-state index is 13.6. The molecular weight excluding hydrogens is 520 g/mol. The van der Waals surface area contributed by atoms with Crippen LogP contribution in [0.3, 0.4) is 0 Å². The van der Waals surface area contributed by atoms with E-state index in [1.54, 1.807) is 12.4 Å². The number of aromatic nitrogens is 3. The van der Waals surface area contributed by atoms with Gasteiger partial charge in [-0.2, -0.15) is 0 Å². The molecule has 1 aliphatic rings. The van der Waals surface area contributed by atoms with Crippen LogP contribution in [-0.2, 0) is 17.4 Å². The van der Waals surface area contributed by atoms with Crippen molar-refractivity contribution in [2.24, 2.45) is 7.05 Å². The minimum absolute atomic E-state index is 0.264. The predicted molar refractivity (Wildman–Crippen MR) is 169 cm³/mol. The molecule has 0 aliphatic carbocycles. The molecule has 0 bridgehead atoms. The van der Waals surface area contributed by atoms with Gasteiger partial charge in [0.25, 0.3) is 0 Å². The van der Waals surface area contributed by atoms with Gasteiger partial charge in [0.2, 0.25) is 5.60 Å². The lowest BCUT2D eigenvalue weighted by Crippen LogP contribution is -2.32. The van der Waals surface area contributed by atoms with Crippen molar-refractivity contribution in [1.29, 1.82) is 0 Å². The van der Waals surface area contributed by atoms with Gasteiger partial charge >= 0.3 is 5.97 Å². The molecule has 1 atom stereocenters. The van der Waals surface area contributed by atoms with Crippen LogP contribution in [0.25, 0.3) is 22.2 Å². The van der Waals surface area contributed by atoms with Gasteiger partial charge in [-0.1, -0.05) is 81.3 Å². The fraction of sp³-hybridized carbons (Fsp3) is 0.306. The molecule has 1 aliphatic heterocycles. The lowest BCUT2D eigenvalue weighted by molar-refractivity contribution is 0.0245. The molecule has 0 N–H and O–H groups in total. The Morgan fingerprint density at radius 3 is 2.29 bits per heavy atom. The van der Waals surface area contributed by atoms with E-state index in [4.69, 9.17) is 9.72 Å². The van der Waals surface area contributed by atoms with Gasteiger partial charge in [0.1, 0.15) is 5.69 Å². The summed E-state index contributed by atoms with van der Waals surface area (Å²) in [5.41, 5.74) is 6.65. The lowest BCUT2D eigenvalue weighted by Gasteiger charge is -2.32. The van der Waals surface area contributed by atoms with Crippen LogP contribution in [0.15, 0.2) is 85.2 Å². The second kappa shape index (κ2) is 11.4. The maximum absolute atomic E-state index is 13.6. The number of esters is 1. The third kappa shape index (κ3) is 4.46. The van der Waals surface area contributed by atoms with Gasteiger partial charge < -0.3 is 14.2 Å². The van der Waals surface area contributed by atoms with Crippen molar-refractivity contribution in [2.75, 3.05) is 18.0 Å². The molecule has 2 aromatic heterocycles. The Morgan fingerprint density at radius 2 is 1.57 bits per heavy atom. The Hall–Kier alpha value is -4.45. The smallest absolute Gasteiger partial charge is 0.360 e. The number of hydrogen-bond donors (Lipinski definition) is 0. The number of aryl methyl sites for hydroxylation is 2. The summed E-state index contributed by atoms with van der Waals surface area (Å²) in [5, 5.41) is 1.01. The van der Waals surface area contributed by atoms with Crippen molar-refractivity contribution >= 4 is 22.6 Å². The van der Waals surface area contributed by atoms with Crippen LogP contribution in [0, 0.1) is 6.92 Å². The quantitative estimate of drug-likeness (QED) is 0.164. The van der Waals surface area contributed by atoms with Crippen molar-refractivity contribution in [1.82, 2.24) is 14.5 Å². The fourth-order valence-corrected chi connectivity index (χ4v) is 6.46. The minimum atomic E-state index is -1.27. The number of fused-ring (bicyclic) bond motifs is 2. The van der Waals surface area contributed by atoms with Gasteiger partial charge in [0, 0.05) is 60.2 Å². The normalized spacial score (nSPS) is 16.0. The number of ether oxygens (including phenoxy) is 1. The fourth-order valence-electron chi connectivity index (χ4n) is 6.46. The number of rotatable bonds is 10. The first-order chi connectivity index (χ1) is 20.5. The van der Waals surface area contributed by atoms with Crippen LogP contribution in [0.2, 0.25) is 0 Å². The zero-order valence-corrected chi connectivity index (χ0v) is 24.9. The number of para-hydroxylation sites is 1. The van der Waals surface area contributed by atoms with Gasteiger partial charge in [0.05, 0.1) is 5.69 Å². The van der Waals surface area contributed by atoms with Crippen LogP contribution in [-0.4, -0.2) is 33.6 Å². The third-order valence-electron chi connectivity index (χ3n) is 8.49. The van der Waals surface area contributed by atoms with Crippen molar-refractivity contribution in [3.8, 4) is 11.3 Å². The summed E-state index contributed by atoms with van der Waals surface area (Å²) >= 11 is 0. The first kappa shape index (κ1) is 27.7. The van der Waals surface area contributed by atoms with Crippen LogP contribution in [0.4, 0.5) is 5.69 Å². The monoisotopic (exact) mass is 558 g/mol. The summed E-state index contributed by atoms with van der Waals surface area (Å²) in [5.74, 6) is -0.457. The number of hydrogen-bond acceptors (Lipinski definition) is 5. The van der Waals surface area contributed by atoms with E-state index < -0.39 is 11.6 Å². The Morgan fingerprint density at radius 1 is 0.881 bits per heavy atom. The van der Waals surface area contributed by atoms with E-state index in [2.05, 4.69) is 84.7 Å². The average molecular weight is 559 g/mol. The van der Waals surface area contributed by atoms with Crippen LogP contribution in [0.1, 0.15) is 72.4 Å². The molecule has 0 fully saturated rings. The molecule has 0 radical (unpaired) electrons. The molecule has 6 rings (SSSR count). The molecule has 3 aromatic carbocycles. The molecule has 42 heavy (non-hydrogen) atoms. The summed E-state index contributed by atoms with van der Waals surface area (Å²) in [6, 6.07) is 25.2. The van der Waals surface area contributed by atoms with Gasteiger partial charge in [-0.15, -0.1) is 0 Å². The molecule has 0 saturated carbocycles. The van der Waals surface area contributed by atoms with Gasteiger partial charge in [-0.3, -0.25) is 4.98 Å². The van der Waals surface area contributed by atoms with Gasteiger partial charge in [-0.25, -0.2) is 9.78 Å². The largest absolute Gasteiger partial charge is 0.438 e. The molecule has 6 nitrogen and oxygen atoms in total. The van der Waals surface area contributed by atoms with E-state index in [1.807, 2.05) is 30.3 Å². The number of anilines is 1. The van der Waals surface area contributed by atoms with E-state index in [0.29, 0.717) is 5.69 Å². The molecule has 214 valence electrons. The highest BCUT2D eigenvalue weighted by molar-refractivity contribution is 5.99. The highest BCUT2D eigenvalue weighted by atomic mass is 16.6. The Balaban J connectivity index is 1.65. The first-order valence-electron chi connectivity index (χ1n) is 15.1. The van der Waals surface area contributed by atoms with E-state index in [1.165, 1.54) is 5.69 Å². The lowest BCUT2D eigenvalue weighted by atomic mass is 9.78. The number of cyclic esters (lactones) is 1. The molecular formula is C36H38N4O2. The zero-order chi connectivity index (χ0) is 29.3. The highest BCUT2D eigenvalue weighted by Crippen LogP contribution is 2.52. The Bertz CT molecular complexity index is 1730. The standard InChI is InChI=1S/C36H38N4O2/c1-5-7-22-40(23-8-6-2)27-18-19-29(25(3)24-27)36(34-32(35(41)42-36)37-20-21-38-34)31-28-16-12-13-17-30(28)39(4)33(31)26-14-10-9-11-15-26/h9-21,24H,5-8,22-23H2,1-4H3. The van der Waals surface area contributed by atoms with E-state index in [9.17, 15) is 4.79 Å². The number of unbranched alkanes of at least 4 members (excludes halogenated alkanes) is 2. The third-order valence-corrected chi connectivity index (χ3v) is 8.49. The molecule has 1 unspecified atom stereocenters. The van der Waals surface area contributed by atoms with Crippen molar-refractivity contribution in [2.45, 2.75) is 52.1 Å². The summed E-state index contributed by atoms with van der Waals surface area (Å²) in [7, 11) is 2.07. The van der Waals surface area contributed by atoms with Crippen LogP contribution < -0.4 is 4.90 Å². The molecule has 6 heteroatoms. The zero-order valence-electron chi connectivity index (χ0n) is 24.9. The summed E-state index contributed by atoms with van der Waals surface area (Å²) in [6.45, 7) is 8.62.